The SMILES string of the molecule is CCCC(C)(O)CNc1ccc(S(=O)(=O)NCC)cc1. The zero-order chi connectivity index (χ0) is 15.2. The van der Waals surface area contributed by atoms with Crippen molar-refractivity contribution in [3.63, 3.8) is 0 Å². The summed E-state index contributed by atoms with van der Waals surface area (Å²) in [5.74, 6) is 0. The first-order valence-corrected chi connectivity index (χ1v) is 8.35. The van der Waals surface area contributed by atoms with Crippen molar-refractivity contribution in [2.75, 3.05) is 18.4 Å². The van der Waals surface area contributed by atoms with E-state index < -0.39 is 15.6 Å². The third-order valence-electron chi connectivity index (χ3n) is 2.96. The lowest BCUT2D eigenvalue weighted by atomic mass is 10.0. The molecular formula is C14H24N2O3S. The second kappa shape index (κ2) is 7.06. The minimum atomic E-state index is -3.41. The van der Waals surface area contributed by atoms with E-state index in [1.165, 1.54) is 0 Å². The summed E-state index contributed by atoms with van der Waals surface area (Å²) in [6, 6.07) is 6.50. The number of hydrogen-bond acceptors (Lipinski definition) is 4. The van der Waals surface area contributed by atoms with Gasteiger partial charge in [-0.05, 0) is 37.6 Å². The van der Waals surface area contributed by atoms with Gasteiger partial charge in [0.2, 0.25) is 10.0 Å². The van der Waals surface area contributed by atoms with Gasteiger partial charge in [-0.3, -0.25) is 0 Å². The number of rotatable bonds is 8. The lowest BCUT2D eigenvalue weighted by Gasteiger charge is -2.23. The highest BCUT2D eigenvalue weighted by Crippen LogP contribution is 2.17. The Labute approximate surface area is 121 Å². The molecule has 1 aromatic rings. The standard InChI is InChI=1S/C14H24N2O3S/c1-4-10-14(3,17)11-15-12-6-8-13(9-7-12)20(18,19)16-5-2/h6-9,15-17H,4-5,10-11H2,1-3H3. The monoisotopic (exact) mass is 300 g/mol. The van der Waals surface area contributed by atoms with Gasteiger partial charge in [-0.15, -0.1) is 0 Å². The highest BCUT2D eigenvalue weighted by molar-refractivity contribution is 7.89. The first-order chi connectivity index (χ1) is 9.30. The summed E-state index contributed by atoms with van der Waals surface area (Å²) in [5.41, 5.74) is 0.0281. The Hall–Kier alpha value is -1.11. The Kier molecular flexibility index (Phi) is 5.98. The topological polar surface area (TPSA) is 78.4 Å². The van der Waals surface area contributed by atoms with Crippen molar-refractivity contribution in [3.8, 4) is 0 Å². The van der Waals surface area contributed by atoms with Gasteiger partial charge < -0.3 is 10.4 Å². The maximum atomic E-state index is 11.8. The molecule has 20 heavy (non-hydrogen) atoms. The normalized spacial score (nSPS) is 14.8. The number of anilines is 1. The van der Waals surface area contributed by atoms with Crippen molar-refractivity contribution in [1.82, 2.24) is 4.72 Å². The molecular weight excluding hydrogens is 276 g/mol. The molecule has 114 valence electrons. The van der Waals surface area contributed by atoms with Crippen molar-refractivity contribution in [2.45, 2.75) is 44.1 Å². The molecule has 3 N–H and O–H groups in total. The van der Waals surface area contributed by atoms with Crippen LogP contribution in [0.3, 0.4) is 0 Å². The highest BCUT2D eigenvalue weighted by atomic mass is 32.2. The van der Waals surface area contributed by atoms with Crippen molar-refractivity contribution in [2.24, 2.45) is 0 Å². The average Bonchev–Trinajstić information content (AvgIpc) is 2.37. The van der Waals surface area contributed by atoms with Gasteiger partial charge in [0.25, 0.3) is 0 Å². The second-order valence-corrected chi connectivity index (χ2v) is 6.89. The molecule has 0 saturated carbocycles. The number of aliphatic hydroxyl groups is 1. The minimum Gasteiger partial charge on any atom is -0.388 e. The van der Waals surface area contributed by atoms with Gasteiger partial charge in [0.1, 0.15) is 0 Å². The maximum Gasteiger partial charge on any atom is 0.240 e. The summed E-state index contributed by atoms with van der Waals surface area (Å²) in [6.45, 7) is 6.34. The third-order valence-corrected chi connectivity index (χ3v) is 4.52. The predicted octanol–water partition coefficient (Wildman–Crippen LogP) is 1.95. The molecule has 0 amide bonds. The highest BCUT2D eigenvalue weighted by Gasteiger charge is 2.18. The summed E-state index contributed by atoms with van der Waals surface area (Å²) in [5, 5.41) is 13.2. The second-order valence-electron chi connectivity index (χ2n) is 5.13. The fourth-order valence-corrected chi connectivity index (χ4v) is 2.99. The maximum absolute atomic E-state index is 11.8. The van der Waals surface area contributed by atoms with E-state index in [0.717, 1.165) is 12.1 Å². The van der Waals surface area contributed by atoms with Crippen molar-refractivity contribution in [1.29, 1.82) is 0 Å². The van der Waals surface area contributed by atoms with E-state index in [1.807, 2.05) is 6.92 Å². The summed E-state index contributed by atoms with van der Waals surface area (Å²) >= 11 is 0. The van der Waals surface area contributed by atoms with E-state index in [1.54, 1.807) is 38.1 Å². The quantitative estimate of drug-likeness (QED) is 0.685. The molecule has 5 nitrogen and oxygen atoms in total. The number of sulfonamides is 1. The Morgan fingerprint density at radius 3 is 2.30 bits per heavy atom. The molecule has 0 spiro atoms. The van der Waals surface area contributed by atoms with Crippen LogP contribution in [0.4, 0.5) is 5.69 Å². The van der Waals surface area contributed by atoms with E-state index >= 15 is 0 Å². The van der Waals surface area contributed by atoms with Crippen molar-refractivity contribution in [3.05, 3.63) is 24.3 Å². The molecule has 0 aliphatic carbocycles. The smallest absolute Gasteiger partial charge is 0.240 e. The van der Waals surface area contributed by atoms with Gasteiger partial charge in [-0.25, -0.2) is 13.1 Å². The molecule has 0 bridgehead atoms. The Bertz CT molecular complexity index is 510. The summed E-state index contributed by atoms with van der Waals surface area (Å²) in [6.07, 6.45) is 1.63. The molecule has 1 rings (SSSR count). The van der Waals surface area contributed by atoms with Crippen LogP contribution in [-0.4, -0.2) is 32.2 Å². The van der Waals surface area contributed by atoms with Gasteiger partial charge in [-0.2, -0.15) is 0 Å². The van der Waals surface area contributed by atoms with E-state index in [2.05, 4.69) is 10.0 Å². The minimum absolute atomic E-state index is 0.241. The zero-order valence-electron chi connectivity index (χ0n) is 12.3. The summed E-state index contributed by atoms with van der Waals surface area (Å²) in [4.78, 5) is 0.241. The van der Waals surface area contributed by atoms with Crippen LogP contribution in [0, 0.1) is 0 Å². The lowest BCUT2D eigenvalue weighted by molar-refractivity contribution is 0.0637. The van der Waals surface area contributed by atoms with E-state index in [4.69, 9.17) is 0 Å². The molecule has 0 saturated heterocycles. The van der Waals surface area contributed by atoms with Crippen molar-refractivity contribution >= 4 is 15.7 Å². The first kappa shape index (κ1) is 16.9. The van der Waals surface area contributed by atoms with E-state index in [-0.39, 0.29) is 4.90 Å². The molecule has 0 aliphatic rings. The van der Waals surface area contributed by atoms with Crippen LogP contribution in [0.5, 0.6) is 0 Å². The molecule has 0 aromatic heterocycles. The van der Waals surface area contributed by atoms with Gasteiger partial charge in [0.05, 0.1) is 10.5 Å². The third kappa shape index (κ3) is 5.11. The van der Waals surface area contributed by atoms with Crippen LogP contribution in [-0.2, 0) is 10.0 Å². The number of benzene rings is 1. The van der Waals surface area contributed by atoms with Gasteiger partial charge in [0.15, 0.2) is 0 Å². The Morgan fingerprint density at radius 2 is 1.80 bits per heavy atom. The molecule has 6 heteroatoms. The fourth-order valence-electron chi connectivity index (χ4n) is 1.94. The molecule has 1 atom stereocenters. The average molecular weight is 300 g/mol. The summed E-state index contributed by atoms with van der Waals surface area (Å²) < 4.78 is 26.0. The Balaban J connectivity index is 2.68. The van der Waals surface area contributed by atoms with Crippen LogP contribution in [0.15, 0.2) is 29.2 Å². The molecule has 0 heterocycles. The first-order valence-electron chi connectivity index (χ1n) is 6.86. The Morgan fingerprint density at radius 1 is 1.20 bits per heavy atom. The number of hydrogen-bond donors (Lipinski definition) is 3. The van der Waals surface area contributed by atoms with Gasteiger partial charge >= 0.3 is 0 Å². The number of nitrogens with one attached hydrogen (secondary N) is 2. The van der Waals surface area contributed by atoms with Crippen LogP contribution < -0.4 is 10.0 Å². The van der Waals surface area contributed by atoms with Gasteiger partial charge in [-0.1, -0.05) is 20.3 Å². The van der Waals surface area contributed by atoms with Gasteiger partial charge in [0, 0.05) is 18.8 Å². The van der Waals surface area contributed by atoms with Crippen LogP contribution in [0.1, 0.15) is 33.6 Å². The van der Waals surface area contributed by atoms with Crippen LogP contribution in [0.25, 0.3) is 0 Å². The van der Waals surface area contributed by atoms with E-state index in [0.29, 0.717) is 19.5 Å². The fraction of sp³-hybridized carbons (Fsp3) is 0.571. The largest absolute Gasteiger partial charge is 0.388 e. The van der Waals surface area contributed by atoms with Crippen LogP contribution >= 0.6 is 0 Å². The molecule has 1 unspecified atom stereocenters. The molecule has 0 fully saturated rings. The molecule has 0 radical (unpaired) electrons. The lowest BCUT2D eigenvalue weighted by Crippen LogP contribution is -2.33. The molecule has 1 aromatic carbocycles. The zero-order valence-corrected chi connectivity index (χ0v) is 13.1. The molecule has 0 aliphatic heterocycles. The van der Waals surface area contributed by atoms with Crippen LogP contribution in [0.2, 0.25) is 0 Å². The summed E-state index contributed by atoms with van der Waals surface area (Å²) in [7, 11) is -3.41. The van der Waals surface area contributed by atoms with E-state index in [9.17, 15) is 13.5 Å². The predicted molar refractivity (Wildman–Crippen MR) is 81.3 cm³/mol. The van der Waals surface area contributed by atoms with Crippen molar-refractivity contribution < 1.29 is 13.5 Å².